The molecule has 1 aromatic carbocycles. The number of benzene rings is 1. The number of aromatic hydroxyl groups is 1. The van der Waals surface area contributed by atoms with Crippen LogP contribution in [0.3, 0.4) is 0 Å². The molecular formula is C20H30N4O6S. The average molecular weight is 455 g/mol. The number of phenolic OH excluding ortho intramolecular Hbond substituents is 1. The van der Waals surface area contributed by atoms with Crippen molar-refractivity contribution in [2.45, 2.75) is 44.8 Å². The zero-order valence-electron chi connectivity index (χ0n) is 17.5. The van der Waals surface area contributed by atoms with Crippen molar-refractivity contribution in [1.29, 1.82) is 0 Å². The lowest BCUT2D eigenvalue weighted by Gasteiger charge is -2.24. The van der Waals surface area contributed by atoms with Gasteiger partial charge in [0.1, 0.15) is 17.8 Å². The monoisotopic (exact) mass is 454 g/mol. The number of carboxylic acids is 1. The lowest BCUT2D eigenvalue weighted by molar-refractivity contribution is -0.143. The summed E-state index contributed by atoms with van der Waals surface area (Å²) in [6, 6.07) is 2.94. The molecule has 172 valence electrons. The number of carbonyl (C=O) groups excluding carboxylic acids is 3. The average Bonchev–Trinajstić information content (AvgIpc) is 2.75. The Morgan fingerprint density at radius 3 is 2.23 bits per heavy atom. The minimum atomic E-state index is -1.18. The molecule has 7 N–H and O–H groups in total. The zero-order chi connectivity index (χ0) is 23.6. The topological polar surface area (TPSA) is 171 Å². The highest BCUT2D eigenvalue weighted by Crippen LogP contribution is 2.13. The SMILES string of the molecule is CCC(C)C(NC(=O)C(Cc1ccc(O)cc1)NC(=O)CNC(=O)C(N)CS)C(=O)O. The number of nitrogens with two attached hydrogens (primary N) is 1. The van der Waals surface area contributed by atoms with Gasteiger partial charge in [0.15, 0.2) is 0 Å². The van der Waals surface area contributed by atoms with Gasteiger partial charge in [-0.15, -0.1) is 0 Å². The van der Waals surface area contributed by atoms with Gasteiger partial charge in [-0.05, 0) is 23.6 Å². The molecule has 11 heteroatoms. The Hall–Kier alpha value is -2.79. The molecule has 0 aromatic heterocycles. The molecular weight excluding hydrogens is 424 g/mol. The number of nitrogens with one attached hydrogen (secondary N) is 3. The van der Waals surface area contributed by atoms with Crippen molar-refractivity contribution in [3.8, 4) is 5.75 Å². The lowest BCUT2D eigenvalue weighted by Crippen LogP contribution is -2.55. The minimum absolute atomic E-state index is 0.0414. The first-order chi connectivity index (χ1) is 14.6. The molecule has 0 aliphatic rings. The predicted octanol–water partition coefficient (Wildman–Crippen LogP) is -0.592. The van der Waals surface area contributed by atoms with Gasteiger partial charge in [0.2, 0.25) is 17.7 Å². The van der Waals surface area contributed by atoms with E-state index < -0.39 is 48.4 Å². The standard InChI is InChI=1S/C20H30N4O6S/c1-3-11(2)17(20(29)30)24-19(28)15(8-12-4-6-13(25)7-5-12)23-16(26)9-22-18(27)14(21)10-31/h4-7,11,14-15,17,25,31H,3,8-10,21H2,1-2H3,(H,22,27)(H,23,26)(H,24,28)(H,29,30). The van der Waals surface area contributed by atoms with Crippen LogP contribution in [0.4, 0.5) is 0 Å². The van der Waals surface area contributed by atoms with Gasteiger partial charge in [0.05, 0.1) is 12.6 Å². The number of carboxylic acid groups (broad SMARTS) is 1. The second-order valence-electron chi connectivity index (χ2n) is 7.21. The smallest absolute Gasteiger partial charge is 0.326 e. The van der Waals surface area contributed by atoms with Crippen molar-refractivity contribution in [1.82, 2.24) is 16.0 Å². The van der Waals surface area contributed by atoms with Crippen LogP contribution < -0.4 is 21.7 Å². The third kappa shape index (κ3) is 8.85. The van der Waals surface area contributed by atoms with E-state index in [1.807, 2.05) is 0 Å². The van der Waals surface area contributed by atoms with Crippen LogP contribution in [0, 0.1) is 5.92 Å². The van der Waals surface area contributed by atoms with Crippen molar-refractivity contribution >= 4 is 36.3 Å². The van der Waals surface area contributed by atoms with Crippen LogP contribution >= 0.6 is 12.6 Å². The van der Waals surface area contributed by atoms with Gasteiger partial charge >= 0.3 is 5.97 Å². The Morgan fingerprint density at radius 1 is 1.10 bits per heavy atom. The lowest BCUT2D eigenvalue weighted by atomic mass is 9.98. The molecule has 0 heterocycles. The van der Waals surface area contributed by atoms with E-state index in [-0.39, 0.29) is 23.8 Å². The summed E-state index contributed by atoms with van der Waals surface area (Å²) in [5.41, 5.74) is 6.16. The Labute approximate surface area is 186 Å². The van der Waals surface area contributed by atoms with E-state index in [0.717, 1.165) is 0 Å². The first kappa shape index (κ1) is 26.2. The normalized spacial score (nSPS) is 14.6. The fourth-order valence-corrected chi connectivity index (χ4v) is 2.81. The van der Waals surface area contributed by atoms with Crippen molar-refractivity contribution in [2.75, 3.05) is 12.3 Å². The molecule has 0 saturated carbocycles. The Bertz CT molecular complexity index is 773. The van der Waals surface area contributed by atoms with Gasteiger partial charge in [-0.3, -0.25) is 14.4 Å². The van der Waals surface area contributed by atoms with E-state index in [1.165, 1.54) is 12.1 Å². The zero-order valence-corrected chi connectivity index (χ0v) is 18.4. The van der Waals surface area contributed by atoms with Crippen LogP contribution in [0.25, 0.3) is 0 Å². The minimum Gasteiger partial charge on any atom is -0.508 e. The largest absolute Gasteiger partial charge is 0.508 e. The van der Waals surface area contributed by atoms with E-state index in [0.29, 0.717) is 12.0 Å². The summed E-state index contributed by atoms with van der Waals surface area (Å²) < 4.78 is 0. The summed E-state index contributed by atoms with van der Waals surface area (Å²) in [6.07, 6.45) is 0.582. The maximum Gasteiger partial charge on any atom is 0.326 e. The molecule has 4 unspecified atom stereocenters. The molecule has 1 rings (SSSR count). The number of hydrogen-bond acceptors (Lipinski definition) is 7. The number of rotatable bonds is 12. The number of aliphatic carboxylic acids is 1. The summed E-state index contributed by atoms with van der Waals surface area (Å²) in [4.78, 5) is 48.4. The van der Waals surface area contributed by atoms with Crippen LogP contribution in [0.15, 0.2) is 24.3 Å². The Morgan fingerprint density at radius 2 is 1.71 bits per heavy atom. The molecule has 0 radical (unpaired) electrons. The van der Waals surface area contributed by atoms with E-state index in [2.05, 4.69) is 28.6 Å². The molecule has 0 aliphatic heterocycles. The molecule has 3 amide bonds. The van der Waals surface area contributed by atoms with Gasteiger partial charge in [-0.2, -0.15) is 12.6 Å². The fraction of sp³-hybridized carbons (Fsp3) is 0.500. The van der Waals surface area contributed by atoms with Gasteiger partial charge < -0.3 is 31.9 Å². The molecule has 4 atom stereocenters. The van der Waals surface area contributed by atoms with Gasteiger partial charge in [-0.25, -0.2) is 4.79 Å². The van der Waals surface area contributed by atoms with E-state index in [9.17, 15) is 29.4 Å². The molecule has 0 aliphatic carbocycles. The van der Waals surface area contributed by atoms with Crippen LogP contribution in [-0.2, 0) is 25.6 Å². The number of carbonyl (C=O) groups is 4. The second-order valence-corrected chi connectivity index (χ2v) is 7.57. The Balaban J connectivity index is 2.92. The van der Waals surface area contributed by atoms with Crippen LogP contribution in [-0.4, -0.2) is 64.3 Å². The van der Waals surface area contributed by atoms with Crippen LogP contribution in [0.5, 0.6) is 5.75 Å². The Kier molecular flexibility index (Phi) is 10.8. The van der Waals surface area contributed by atoms with E-state index in [4.69, 9.17) is 5.73 Å². The number of amides is 3. The van der Waals surface area contributed by atoms with Crippen molar-refractivity contribution < 1.29 is 29.4 Å². The van der Waals surface area contributed by atoms with Gasteiger partial charge in [0, 0.05) is 12.2 Å². The maximum atomic E-state index is 12.8. The number of phenols is 1. The summed E-state index contributed by atoms with van der Waals surface area (Å²) in [5, 5.41) is 26.2. The summed E-state index contributed by atoms with van der Waals surface area (Å²) in [5.74, 6) is -3.24. The summed E-state index contributed by atoms with van der Waals surface area (Å²) in [6.45, 7) is 3.10. The first-order valence-electron chi connectivity index (χ1n) is 9.83. The molecule has 31 heavy (non-hydrogen) atoms. The quantitative estimate of drug-likeness (QED) is 0.207. The fourth-order valence-electron chi connectivity index (χ4n) is 2.64. The van der Waals surface area contributed by atoms with Gasteiger partial charge in [-0.1, -0.05) is 32.4 Å². The predicted molar refractivity (Wildman–Crippen MR) is 118 cm³/mol. The van der Waals surface area contributed by atoms with Crippen molar-refractivity contribution in [3.63, 3.8) is 0 Å². The third-order valence-electron chi connectivity index (χ3n) is 4.76. The molecule has 0 saturated heterocycles. The summed E-state index contributed by atoms with van der Waals surface area (Å²) in [7, 11) is 0. The van der Waals surface area contributed by atoms with Crippen LogP contribution in [0.2, 0.25) is 0 Å². The molecule has 0 fully saturated rings. The highest BCUT2D eigenvalue weighted by Gasteiger charge is 2.29. The van der Waals surface area contributed by atoms with E-state index in [1.54, 1.807) is 26.0 Å². The van der Waals surface area contributed by atoms with E-state index >= 15 is 0 Å². The molecule has 1 aromatic rings. The molecule has 10 nitrogen and oxygen atoms in total. The maximum absolute atomic E-state index is 12.8. The third-order valence-corrected chi connectivity index (χ3v) is 5.15. The second kappa shape index (κ2) is 12.8. The van der Waals surface area contributed by atoms with Crippen molar-refractivity contribution in [2.24, 2.45) is 11.7 Å². The molecule has 0 spiro atoms. The highest BCUT2D eigenvalue weighted by molar-refractivity contribution is 7.80. The van der Waals surface area contributed by atoms with Crippen molar-refractivity contribution in [3.05, 3.63) is 29.8 Å². The first-order valence-corrected chi connectivity index (χ1v) is 10.5. The highest BCUT2D eigenvalue weighted by atomic mass is 32.1. The number of thiol groups is 1. The van der Waals surface area contributed by atoms with Crippen LogP contribution in [0.1, 0.15) is 25.8 Å². The van der Waals surface area contributed by atoms with Gasteiger partial charge in [0.25, 0.3) is 0 Å². The summed E-state index contributed by atoms with van der Waals surface area (Å²) >= 11 is 3.91. The molecule has 0 bridgehead atoms. The number of hydrogen-bond donors (Lipinski definition) is 7.